The predicted molar refractivity (Wildman–Crippen MR) is 139 cm³/mol. The second kappa shape index (κ2) is 10.4. The highest BCUT2D eigenvalue weighted by Gasteiger charge is 2.28. The Hall–Kier alpha value is -3.93. The van der Waals surface area contributed by atoms with Crippen LogP contribution >= 0.6 is 0 Å². The molecule has 0 amide bonds. The van der Waals surface area contributed by atoms with Crippen molar-refractivity contribution >= 4 is 17.5 Å². The molecule has 1 fully saturated rings. The molecular weight excluding hydrogens is 454 g/mol. The Morgan fingerprint density at radius 3 is 2.61 bits per heavy atom. The molecule has 36 heavy (non-hydrogen) atoms. The van der Waals surface area contributed by atoms with Gasteiger partial charge in [0.25, 0.3) is 5.69 Å². The molecule has 1 unspecified atom stereocenters. The van der Waals surface area contributed by atoms with Crippen LogP contribution in [0.3, 0.4) is 0 Å². The third-order valence-corrected chi connectivity index (χ3v) is 6.98. The minimum absolute atomic E-state index is 0.187. The van der Waals surface area contributed by atoms with Gasteiger partial charge in [-0.1, -0.05) is 42.5 Å². The van der Waals surface area contributed by atoms with Crippen LogP contribution in [0.15, 0.2) is 60.7 Å². The van der Waals surface area contributed by atoms with Crippen LogP contribution in [0.1, 0.15) is 53.5 Å². The molecule has 1 atom stereocenters. The van der Waals surface area contributed by atoms with E-state index in [-0.39, 0.29) is 16.5 Å². The molecule has 5 rings (SSSR count). The Kier molecular flexibility index (Phi) is 6.85. The standard InChI is InChI=1S/C30H29NO5/c1-20-16-28(31(33)34)26-8-5-9-27(26)30(20)36-25-14-15-29(35-19-22-6-3-2-4-7-22)23(18-25)12-10-21-11-13-24(32)17-21/h2-4,6-7,10,12,14-16,18,21H,5,8-9,11,13,17,19H2,1H3/b12-10+. The minimum atomic E-state index is -0.295. The zero-order valence-corrected chi connectivity index (χ0v) is 20.4. The monoisotopic (exact) mass is 483 g/mol. The summed E-state index contributed by atoms with van der Waals surface area (Å²) in [5.74, 6) is 2.64. The molecule has 0 saturated heterocycles. The van der Waals surface area contributed by atoms with Crippen molar-refractivity contribution in [1.82, 2.24) is 0 Å². The number of ketones is 1. The highest BCUT2D eigenvalue weighted by Crippen LogP contribution is 2.42. The summed E-state index contributed by atoms with van der Waals surface area (Å²) in [5, 5.41) is 11.6. The fourth-order valence-electron chi connectivity index (χ4n) is 5.13. The van der Waals surface area contributed by atoms with Crippen molar-refractivity contribution < 1.29 is 19.2 Å². The number of rotatable bonds is 8. The molecule has 0 N–H and O–H groups in total. The normalized spacial score (nSPS) is 16.9. The van der Waals surface area contributed by atoms with Crippen molar-refractivity contribution in [2.45, 2.75) is 52.1 Å². The number of ether oxygens (including phenoxy) is 2. The summed E-state index contributed by atoms with van der Waals surface area (Å²) < 4.78 is 12.5. The number of benzene rings is 3. The first-order valence-electron chi connectivity index (χ1n) is 12.5. The first-order chi connectivity index (χ1) is 17.5. The van der Waals surface area contributed by atoms with Crippen LogP contribution in [0.4, 0.5) is 5.69 Å². The van der Waals surface area contributed by atoms with E-state index in [1.165, 1.54) is 0 Å². The molecule has 1 saturated carbocycles. The van der Waals surface area contributed by atoms with Gasteiger partial charge in [0.2, 0.25) is 0 Å². The third-order valence-electron chi connectivity index (χ3n) is 6.98. The van der Waals surface area contributed by atoms with Crippen molar-refractivity contribution in [3.05, 3.63) is 98.6 Å². The van der Waals surface area contributed by atoms with Crippen LogP contribution in [0.2, 0.25) is 0 Å². The summed E-state index contributed by atoms with van der Waals surface area (Å²) in [6.45, 7) is 2.30. The van der Waals surface area contributed by atoms with Crippen molar-refractivity contribution in [3.8, 4) is 17.2 Å². The molecule has 2 aliphatic carbocycles. The number of hydrogen-bond donors (Lipinski definition) is 0. The van der Waals surface area contributed by atoms with Crippen LogP contribution in [0.25, 0.3) is 6.08 Å². The molecule has 3 aromatic rings. The lowest BCUT2D eigenvalue weighted by Gasteiger charge is -2.16. The predicted octanol–water partition coefficient (Wildman–Crippen LogP) is 7.15. The van der Waals surface area contributed by atoms with Gasteiger partial charge in [-0.15, -0.1) is 0 Å². The Labute approximate surface area is 210 Å². The second-order valence-electron chi connectivity index (χ2n) is 9.59. The highest BCUT2D eigenvalue weighted by atomic mass is 16.6. The van der Waals surface area contributed by atoms with E-state index < -0.39 is 0 Å². The Bertz CT molecular complexity index is 1330. The fourth-order valence-corrected chi connectivity index (χ4v) is 5.13. The molecule has 0 spiro atoms. The topological polar surface area (TPSA) is 78.7 Å². The number of Topliss-reactive ketones (excluding diaryl/α,β-unsaturated/α-hetero) is 1. The molecule has 0 aromatic heterocycles. The van der Waals surface area contributed by atoms with E-state index in [1.807, 2.05) is 61.5 Å². The van der Waals surface area contributed by atoms with Gasteiger partial charge < -0.3 is 9.47 Å². The van der Waals surface area contributed by atoms with Gasteiger partial charge in [0, 0.05) is 35.6 Å². The van der Waals surface area contributed by atoms with Gasteiger partial charge >= 0.3 is 0 Å². The number of aryl methyl sites for hydroxylation is 1. The van der Waals surface area contributed by atoms with E-state index in [4.69, 9.17) is 9.47 Å². The first kappa shape index (κ1) is 23.8. The number of allylic oxidation sites excluding steroid dienone is 1. The molecule has 6 nitrogen and oxygen atoms in total. The molecule has 0 radical (unpaired) electrons. The van der Waals surface area contributed by atoms with E-state index in [1.54, 1.807) is 6.07 Å². The molecule has 6 heteroatoms. The van der Waals surface area contributed by atoms with Crippen LogP contribution in [-0.2, 0) is 24.2 Å². The van der Waals surface area contributed by atoms with E-state index in [0.717, 1.165) is 52.8 Å². The van der Waals surface area contributed by atoms with Gasteiger partial charge in [0.15, 0.2) is 0 Å². The molecule has 0 heterocycles. The number of carbonyl (C=O) groups excluding carboxylic acids is 1. The summed E-state index contributed by atoms with van der Waals surface area (Å²) in [6, 6.07) is 17.3. The van der Waals surface area contributed by atoms with Crippen molar-refractivity contribution in [2.75, 3.05) is 0 Å². The number of carbonyl (C=O) groups is 1. The first-order valence-corrected chi connectivity index (χ1v) is 12.5. The van der Waals surface area contributed by atoms with Gasteiger partial charge in [0.05, 0.1) is 4.92 Å². The lowest BCUT2D eigenvalue weighted by Crippen LogP contribution is -2.01. The summed E-state index contributed by atoms with van der Waals surface area (Å²) in [7, 11) is 0. The van der Waals surface area contributed by atoms with Crippen molar-refractivity contribution in [3.63, 3.8) is 0 Å². The summed E-state index contributed by atoms with van der Waals surface area (Å²) >= 11 is 0. The maximum atomic E-state index is 11.7. The van der Waals surface area contributed by atoms with Crippen LogP contribution < -0.4 is 9.47 Å². The minimum Gasteiger partial charge on any atom is -0.488 e. The Morgan fingerprint density at radius 2 is 1.86 bits per heavy atom. The lowest BCUT2D eigenvalue weighted by atomic mass is 10.0. The third kappa shape index (κ3) is 5.18. The summed E-state index contributed by atoms with van der Waals surface area (Å²) in [6.07, 6.45) is 8.56. The maximum Gasteiger partial charge on any atom is 0.273 e. The SMILES string of the molecule is Cc1cc([N+](=O)[O-])c2c(c1Oc1ccc(OCc3ccccc3)c(/C=C/C3CCC(=O)C3)c1)CCC2. The van der Waals surface area contributed by atoms with Crippen LogP contribution in [0.5, 0.6) is 17.2 Å². The summed E-state index contributed by atoms with van der Waals surface area (Å²) in [5.41, 5.74) is 4.62. The average Bonchev–Trinajstić information content (AvgIpc) is 3.53. The van der Waals surface area contributed by atoms with E-state index in [0.29, 0.717) is 43.2 Å². The zero-order valence-electron chi connectivity index (χ0n) is 20.4. The quantitative estimate of drug-likeness (QED) is 0.251. The van der Waals surface area contributed by atoms with Crippen molar-refractivity contribution in [2.24, 2.45) is 5.92 Å². The van der Waals surface area contributed by atoms with Gasteiger partial charge in [-0.25, -0.2) is 0 Å². The van der Waals surface area contributed by atoms with Crippen LogP contribution in [0, 0.1) is 23.0 Å². The van der Waals surface area contributed by atoms with E-state index in [2.05, 4.69) is 6.08 Å². The molecule has 3 aromatic carbocycles. The number of nitro benzene ring substituents is 1. The molecule has 184 valence electrons. The Morgan fingerprint density at radius 1 is 1.06 bits per heavy atom. The van der Waals surface area contributed by atoms with Gasteiger partial charge in [-0.3, -0.25) is 14.9 Å². The Balaban J connectivity index is 1.44. The maximum absolute atomic E-state index is 11.7. The molecule has 0 bridgehead atoms. The van der Waals surface area contributed by atoms with E-state index in [9.17, 15) is 14.9 Å². The van der Waals surface area contributed by atoms with Gasteiger partial charge in [0.1, 0.15) is 29.6 Å². The largest absolute Gasteiger partial charge is 0.488 e. The number of hydrogen-bond acceptors (Lipinski definition) is 5. The lowest BCUT2D eigenvalue weighted by molar-refractivity contribution is -0.385. The smallest absolute Gasteiger partial charge is 0.273 e. The van der Waals surface area contributed by atoms with Gasteiger partial charge in [-0.2, -0.15) is 0 Å². The summed E-state index contributed by atoms with van der Waals surface area (Å²) in [4.78, 5) is 23.0. The fraction of sp³-hybridized carbons (Fsp3) is 0.300. The van der Waals surface area contributed by atoms with Crippen molar-refractivity contribution in [1.29, 1.82) is 0 Å². The molecular formula is C30H29NO5. The second-order valence-corrected chi connectivity index (χ2v) is 9.59. The van der Waals surface area contributed by atoms with Crippen LogP contribution in [-0.4, -0.2) is 10.7 Å². The molecule has 0 aliphatic heterocycles. The number of nitrogens with zero attached hydrogens (tertiary/aromatic N) is 1. The highest BCUT2D eigenvalue weighted by molar-refractivity contribution is 5.81. The number of fused-ring (bicyclic) bond motifs is 1. The van der Waals surface area contributed by atoms with Gasteiger partial charge in [-0.05, 0) is 67.9 Å². The van der Waals surface area contributed by atoms with E-state index >= 15 is 0 Å². The zero-order chi connectivity index (χ0) is 25.1. The number of nitro groups is 1. The average molecular weight is 484 g/mol. The molecule has 2 aliphatic rings.